The highest BCUT2D eigenvalue weighted by molar-refractivity contribution is 6.31. The summed E-state index contributed by atoms with van der Waals surface area (Å²) >= 11 is 5.92. The first kappa shape index (κ1) is 13.4. The number of aldehydes is 1. The molecule has 1 aliphatic heterocycles. The molecule has 1 saturated heterocycles. The van der Waals surface area contributed by atoms with Crippen molar-refractivity contribution in [1.82, 2.24) is 4.90 Å². The molecule has 1 aromatic rings. The van der Waals surface area contributed by atoms with Crippen LogP contribution in [0.1, 0.15) is 17.3 Å². The number of carbonyl (C=O) groups excluding carboxylic acids is 1. The minimum atomic E-state index is 0.528. The fraction of sp³-hybridized carbons (Fsp3) is 0.500. The van der Waals surface area contributed by atoms with Gasteiger partial charge in [0.1, 0.15) is 0 Å². The fourth-order valence-electron chi connectivity index (χ4n) is 2.73. The average molecular weight is 267 g/mol. The van der Waals surface area contributed by atoms with Crippen LogP contribution >= 0.6 is 11.6 Å². The summed E-state index contributed by atoms with van der Waals surface area (Å²) in [4.78, 5) is 15.7. The Labute approximate surface area is 113 Å². The molecule has 2 rings (SSSR count). The zero-order valence-electron chi connectivity index (χ0n) is 11.1. The number of benzene rings is 1. The van der Waals surface area contributed by atoms with Gasteiger partial charge < -0.3 is 9.80 Å². The first-order chi connectivity index (χ1) is 8.52. The third-order valence-corrected chi connectivity index (χ3v) is 3.93. The molecule has 1 aromatic carbocycles. The summed E-state index contributed by atoms with van der Waals surface area (Å²) in [5.41, 5.74) is 1.67. The smallest absolute Gasteiger partial charge is 0.152 e. The standard InChI is InChI=1S/C14H19ClN2O/c1-10-7-17(8-14(10)16(2)3)13-5-4-12(15)6-11(13)9-18/h4-6,9-10,14H,7-8H2,1-3H3. The van der Waals surface area contributed by atoms with Gasteiger partial charge in [-0.1, -0.05) is 18.5 Å². The third kappa shape index (κ3) is 2.52. The summed E-state index contributed by atoms with van der Waals surface area (Å²) < 4.78 is 0. The van der Waals surface area contributed by atoms with Crippen molar-refractivity contribution in [3.05, 3.63) is 28.8 Å². The summed E-state index contributed by atoms with van der Waals surface area (Å²) in [6.45, 7) is 4.18. The second-order valence-electron chi connectivity index (χ2n) is 5.23. The van der Waals surface area contributed by atoms with Crippen LogP contribution in [0.2, 0.25) is 5.02 Å². The van der Waals surface area contributed by atoms with E-state index in [0.717, 1.165) is 25.1 Å². The highest BCUT2D eigenvalue weighted by atomic mass is 35.5. The van der Waals surface area contributed by atoms with E-state index in [1.807, 2.05) is 12.1 Å². The Hall–Kier alpha value is -1.06. The molecule has 0 spiro atoms. The number of likely N-dealkylation sites (N-methyl/N-ethyl adjacent to an activating group) is 1. The first-order valence-corrected chi connectivity index (χ1v) is 6.57. The minimum Gasteiger partial charge on any atom is -0.369 e. The fourth-order valence-corrected chi connectivity index (χ4v) is 2.91. The summed E-state index contributed by atoms with van der Waals surface area (Å²) in [7, 11) is 4.21. The predicted molar refractivity (Wildman–Crippen MR) is 75.7 cm³/mol. The summed E-state index contributed by atoms with van der Waals surface area (Å²) in [5.74, 6) is 0.593. The van der Waals surface area contributed by atoms with Crippen LogP contribution in [0.5, 0.6) is 0 Å². The van der Waals surface area contributed by atoms with Gasteiger partial charge in [0.05, 0.1) is 0 Å². The molecule has 0 bridgehead atoms. The van der Waals surface area contributed by atoms with Crippen molar-refractivity contribution in [3.8, 4) is 0 Å². The quantitative estimate of drug-likeness (QED) is 0.786. The Morgan fingerprint density at radius 1 is 1.39 bits per heavy atom. The lowest BCUT2D eigenvalue weighted by molar-refractivity contribution is 0.112. The van der Waals surface area contributed by atoms with Crippen molar-refractivity contribution in [2.45, 2.75) is 13.0 Å². The van der Waals surface area contributed by atoms with Crippen molar-refractivity contribution in [3.63, 3.8) is 0 Å². The Morgan fingerprint density at radius 3 is 2.67 bits per heavy atom. The molecule has 1 aliphatic rings. The molecular formula is C14H19ClN2O. The Morgan fingerprint density at radius 2 is 2.11 bits per heavy atom. The molecule has 2 unspecified atom stereocenters. The Kier molecular flexibility index (Phi) is 3.93. The number of hydrogen-bond donors (Lipinski definition) is 0. The number of carbonyl (C=O) groups is 1. The SMILES string of the molecule is CC1CN(c2ccc(Cl)cc2C=O)CC1N(C)C. The molecule has 0 saturated carbocycles. The number of rotatable bonds is 3. The van der Waals surface area contributed by atoms with Gasteiger partial charge in [0.2, 0.25) is 0 Å². The van der Waals surface area contributed by atoms with Gasteiger partial charge in [0.25, 0.3) is 0 Å². The predicted octanol–water partition coefficient (Wildman–Crippen LogP) is 2.54. The van der Waals surface area contributed by atoms with Crippen molar-refractivity contribution in [2.24, 2.45) is 5.92 Å². The lowest BCUT2D eigenvalue weighted by Gasteiger charge is -2.23. The highest BCUT2D eigenvalue weighted by Gasteiger charge is 2.31. The van der Waals surface area contributed by atoms with Gasteiger partial charge in [-0.15, -0.1) is 0 Å². The van der Waals surface area contributed by atoms with Gasteiger partial charge in [-0.2, -0.15) is 0 Å². The number of halogens is 1. The Bertz CT molecular complexity index is 447. The normalized spacial score (nSPS) is 23.7. The van der Waals surface area contributed by atoms with E-state index in [0.29, 0.717) is 22.5 Å². The minimum absolute atomic E-state index is 0.528. The largest absolute Gasteiger partial charge is 0.369 e. The molecule has 0 radical (unpaired) electrons. The molecule has 0 amide bonds. The van der Waals surface area contributed by atoms with E-state index in [9.17, 15) is 4.79 Å². The number of hydrogen-bond acceptors (Lipinski definition) is 3. The lowest BCUT2D eigenvalue weighted by Crippen LogP contribution is -2.34. The van der Waals surface area contributed by atoms with E-state index in [1.165, 1.54) is 0 Å². The third-order valence-electron chi connectivity index (χ3n) is 3.69. The topological polar surface area (TPSA) is 23.6 Å². The number of anilines is 1. The summed E-state index contributed by atoms with van der Waals surface area (Å²) in [6, 6.07) is 6.05. The second-order valence-corrected chi connectivity index (χ2v) is 5.67. The van der Waals surface area contributed by atoms with E-state index in [1.54, 1.807) is 6.07 Å². The van der Waals surface area contributed by atoms with Gasteiger partial charge >= 0.3 is 0 Å². The van der Waals surface area contributed by atoms with Gasteiger partial charge in [0.15, 0.2) is 6.29 Å². The summed E-state index contributed by atoms with van der Waals surface area (Å²) in [6.07, 6.45) is 0.884. The molecular weight excluding hydrogens is 248 g/mol. The van der Waals surface area contributed by atoms with E-state index < -0.39 is 0 Å². The van der Waals surface area contributed by atoms with Crippen LogP contribution in [-0.2, 0) is 0 Å². The van der Waals surface area contributed by atoms with Crippen LogP contribution < -0.4 is 4.90 Å². The lowest BCUT2D eigenvalue weighted by atomic mass is 10.1. The molecule has 1 fully saturated rings. The van der Waals surface area contributed by atoms with E-state index in [2.05, 4.69) is 30.8 Å². The van der Waals surface area contributed by atoms with Gasteiger partial charge in [-0.25, -0.2) is 0 Å². The first-order valence-electron chi connectivity index (χ1n) is 6.19. The van der Waals surface area contributed by atoms with Crippen LogP contribution in [0.3, 0.4) is 0 Å². The molecule has 98 valence electrons. The van der Waals surface area contributed by atoms with Crippen molar-refractivity contribution in [1.29, 1.82) is 0 Å². The monoisotopic (exact) mass is 266 g/mol. The van der Waals surface area contributed by atoms with Crippen LogP contribution in [0.4, 0.5) is 5.69 Å². The second kappa shape index (κ2) is 5.29. The molecule has 18 heavy (non-hydrogen) atoms. The summed E-state index contributed by atoms with van der Waals surface area (Å²) in [5, 5.41) is 0.609. The van der Waals surface area contributed by atoms with Crippen LogP contribution in [-0.4, -0.2) is 44.4 Å². The van der Waals surface area contributed by atoms with E-state index in [4.69, 9.17) is 11.6 Å². The van der Waals surface area contributed by atoms with Crippen LogP contribution in [0, 0.1) is 5.92 Å². The van der Waals surface area contributed by atoms with Crippen molar-refractivity contribution >= 4 is 23.6 Å². The number of nitrogens with zero attached hydrogens (tertiary/aromatic N) is 2. The van der Waals surface area contributed by atoms with Crippen molar-refractivity contribution < 1.29 is 4.79 Å². The van der Waals surface area contributed by atoms with Gasteiger partial charge in [0, 0.05) is 35.4 Å². The van der Waals surface area contributed by atoms with Crippen LogP contribution in [0.15, 0.2) is 18.2 Å². The molecule has 0 aromatic heterocycles. The molecule has 3 nitrogen and oxygen atoms in total. The molecule has 4 heteroatoms. The zero-order valence-corrected chi connectivity index (χ0v) is 11.8. The zero-order chi connectivity index (χ0) is 13.3. The molecule has 1 heterocycles. The van der Waals surface area contributed by atoms with E-state index >= 15 is 0 Å². The maximum atomic E-state index is 11.1. The van der Waals surface area contributed by atoms with Crippen LogP contribution in [0.25, 0.3) is 0 Å². The van der Waals surface area contributed by atoms with E-state index in [-0.39, 0.29) is 0 Å². The maximum absolute atomic E-state index is 11.1. The van der Waals surface area contributed by atoms with Gasteiger partial charge in [-0.3, -0.25) is 4.79 Å². The average Bonchev–Trinajstić information content (AvgIpc) is 2.71. The highest BCUT2D eigenvalue weighted by Crippen LogP contribution is 2.29. The van der Waals surface area contributed by atoms with Gasteiger partial charge in [-0.05, 0) is 38.2 Å². The molecule has 0 N–H and O–H groups in total. The molecule has 2 atom stereocenters. The van der Waals surface area contributed by atoms with Crippen molar-refractivity contribution in [2.75, 3.05) is 32.1 Å². The Balaban J connectivity index is 2.26. The molecule has 0 aliphatic carbocycles. The maximum Gasteiger partial charge on any atom is 0.152 e.